The predicted octanol–water partition coefficient (Wildman–Crippen LogP) is 3.34. The predicted molar refractivity (Wildman–Crippen MR) is 86.9 cm³/mol. The summed E-state index contributed by atoms with van der Waals surface area (Å²) in [5, 5.41) is 9.51. The summed E-state index contributed by atoms with van der Waals surface area (Å²) >= 11 is 5.30. The first-order valence-electron chi connectivity index (χ1n) is 7.56. The fourth-order valence-corrected chi connectivity index (χ4v) is 3.45. The van der Waals surface area contributed by atoms with Crippen LogP contribution >= 0.6 is 12.2 Å². The summed E-state index contributed by atoms with van der Waals surface area (Å²) in [5.74, 6) is -0.523. The number of H-pyrrole nitrogens is 1. The van der Waals surface area contributed by atoms with E-state index in [1.807, 2.05) is 0 Å². The highest BCUT2D eigenvalue weighted by Crippen LogP contribution is 2.24. The van der Waals surface area contributed by atoms with Crippen LogP contribution in [-0.4, -0.2) is 20.6 Å². The molecule has 0 saturated heterocycles. The van der Waals surface area contributed by atoms with E-state index >= 15 is 0 Å². The van der Waals surface area contributed by atoms with E-state index in [0.717, 1.165) is 12.8 Å². The molecule has 22 heavy (non-hydrogen) atoms. The molecular formula is C16H18N2O3S. The van der Waals surface area contributed by atoms with Gasteiger partial charge < -0.3 is 10.1 Å². The van der Waals surface area contributed by atoms with Crippen molar-refractivity contribution >= 4 is 29.1 Å². The summed E-state index contributed by atoms with van der Waals surface area (Å²) in [6, 6.07) is 4.47. The summed E-state index contributed by atoms with van der Waals surface area (Å²) in [5.41, 5.74) is 0.485. The Labute approximate surface area is 132 Å². The van der Waals surface area contributed by atoms with Crippen LogP contribution in [0.2, 0.25) is 0 Å². The monoisotopic (exact) mass is 318 g/mol. The quantitative estimate of drug-likeness (QED) is 0.851. The van der Waals surface area contributed by atoms with Gasteiger partial charge in [0.25, 0.3) is 5.56 Å². The van der Waals surface area contributed by atoms with Gasteiger partial charge in [0, 0.05) is 6.54 Å². The number of rotatable bonds is 3. The Balaban J connectivity index is 2.04. The molecule has 1 aliphatic rings. The number of aromatic carboxylic acids is 1. The zero-order chi connectivity index (χ0) is 15.7. The molecule has 0 aliphatic heterocycles. The van der Waals surface area contributed by atoms with Crippen LogP contribution in [-0.2, 0) is 6.54 Å². The number of carboxylic acids is 1. The molecule has 2 N–H and O–H groups in total. The van der Waals surface area contributed by atoms with Crippen molar-refractivity contribution in [3.8, 4) is 0 Å². The molecule has 0 spiro atoms. The van der Waals surface area contributed by atoms with Crippen LogP contribution in [0, 0.1) is 10.7 Å². The minimum Gasteiger partial charge on any atom is -0.478 e. The molecule has 0 amide bonds. The molecule has 1 aromatic carbocycles. The molecule has 1 saturated carbocycles. The van der Waals surface area contributed by atoms with Crippen LogP contribution in [0.25, 0.3) is 10.9 Å². The Morgan fingerprint density at radius 3 is 2.73 bits per heavy atom. The SMILES string of the molecule is O=C(O)c1ccc2c(=O)n(CC3CCCCC3)c(=S)[nH]c2c1. The fraction of sp³-hybridized carbons (Fsp3) is 0.438. The number of hydrogen-bond donors (Lipinski definition) is 2. The van der Waals surface area contributed by atoms with Gasteiger partial charge in [-0.05, 0) is 49.2 Å². The maximum absolute atomic E-state index is 12.6. The Kier molecular flexibility index (Phi) is 4.11. The molecule has 0 atom stereocenters. The number of nitrogens with one attached hydrogen (secondary N) is 1. The lowest BCUT2D eigenvalue weighted by atomic mass is 9.89. The summed E-state index contributed by atoms with van der Waals surface area (Å²) in [4.78, 5) is 26.7. The topological polar surface area (TPSA) is 75.1 Å². The molecule has 1 fully saturated rings. The minimum atomic E-state index is -1.02. The van der Waals surface area contributed by atoms with E-state index in [1.54, 1.807) is 10.6 Å². The second-order valence-electron chi connectivity index (χ2n) is 5.92. The van der Waals surface area contributed by atoms with Crippen molar-refractivity contribution in [1.29, 1.82) is 0 Å². The van der Waals surface area contributed by atoms with Crippen LogP contribution in [0.5, 0.6) is 0 Å². The summed E-state index contributed by atoms with van der Waals surface area (Å²) in [7, 11) is 0. The highest BCUT2D eigenvalue weighted by Gasteiger charge is 2.16. The number of hydrogen-bond acceptors (Lipinski definition) is 3. The van der Waals surface area contributed by atoms with E-state index in [0.29, 0.717) is 28.1 Å². The fourth-order valence-electron chi connectivity index (χ4n) is 3.18. The number of fused-ring (bicyclic) bond motifs is 1. The van der Waals surface area contributed by atoms with Crippen molar-refractivity contribution in [3.63, 3.8) is 0 Å². The lowest BCUT2D eigenvalue weighted by Gasteiger charge is -2.22. The van der Waals surface area contributed by atoms with Gasteiger partial charge in [0.2, 0.25) is 0 Å². The second-order valence-corrected chi connectivity index (χ2v) is 6.30. The molecule has 0 unspecified atom stereocenters. The number of nitrogens with zero attached hydrogens (tertiary/aromatic N) is 1. The van der Waals surface area contributed by atoms with Gasteiger partial charge in [0.15, 0.2) is 4.77 Å². The normalized spacial score (nSPS) is 16.0. The number of carbonyl (C=O) groups is 1. The van der Waals surface area contributed by atoms with Crippen molar-refractivity contribution in [2.75, 3.05) is 0 Å². The van der Waals surface area contributed by atoms with Crippen molar-refractivity contribution in [2.45, 2.75) is 38.6 Å². The van der Waals surface area contributed by atoms with Crippen molar-refractivity contribution in [2.24, 2.45) is 5.92 Å². The third-order valence-corrected chi connectivity index (χ3v) is 4.72. The van der Waals surface area contributed by atoms with Crippen molar-refractivity contribution < 1.29 is 9.90 Å². The molecule has 2 aromatic rings. The lowest BCUT2D eigenvalue weighted by Crippen LogP contribution is -2.26. The number of aromatic nitrogens is 2. The molecule has 1 aliphatic carbocycles. The van der Waals surface area contributed by atoms with Gasteiger partial charge in [0.05, 0.1) is 16.5 Å². The lowest BCUT2D eigenvalue weighted by molar-refractivity contribution is 0.0697. The Hall–Kier alpha value is -1.95. The molecule has 0 bridgehead atoms. The molecule has 3 rings (SSSR count). The zero-order valence-corrected chi connectivity index (χ0v) is 13.0. The first kappa shape index (κ1) is 15.0. The molecule has 6 heteroatoms. The smallest absolute Gasteiger partial charge is 0.335 e. The van der Waals surface area contributed by atoms with E-state index in [9.17, 15) is 9.59 Å². The molecule has 0 radical (unpaired) electrons. The average molecular weight is 318 g/mol. The van der Waals surface area contributed by atoms with Gasteiger partial charge in [-0.15, -0.1) is 0 Å². The third kappa shape index (κ3) is 2.83. The molecular weight excluding hydrogens is 300 g/mol. The van der Waals surface area contributed by atoms with E-state index in [1.165, 1.54) is 31.4 Å². The maximum Gasteiger partial charge on any atom is 0.335 e. The van der Waals surface area contributed by atoms with Crippen LogP contribution in [0.15, 0.2) is 23.0 Å². The van der Waals surface area contributed by atoms with Crippen LogP contribution < -0.4 is 5.56 Å². The van der Waals surface area contributed by atoms with E-state index in [4.69, 9.17) is 17.3 Å². The van der Waals surface area contributed by atoms with Gasteiger partial charge >= 0.3 is 5.97 Å². The van der Waals surface area contributed by atoms with Gasteiger partial charge in [-0.2, -0.15) is 0 Å². The standard InChI is InChI=1S/C16H18N2O3S/c19-14-12-7-6-11(15(20)21)8-13(12)17-16(22)18(14)9-10-4-2-1-3-5-10/h6-8,10H,1-5,9H2,(H,17,22)(H,20,21). The van der Waals surface area contributed by atoms with Crippen LogP contribution in [0.1, 0.15) is 42.5 Å². The molecule has 5 nitrogen and oxygen atoms in total. The Morgan fingerprint density at radius 2 is 2.05 bits per heavy atom. The summed E-state index contributed by atoms with van der Waals surface area (Å²) in [6.45, 7) is 0.644. The van der Waals surface area contributed by atoms with Gasteiger partial charge in [-0.25, -0.2) is 4.79 Å². The summed E-state index contributed by atoms with van der Waals surface area (Å²) in [6.07, 6.45) is 5.97. The van der Waals surface area contributed by atoms with Crippen LogP contribution in [0.3, 0.4) is 0 Å². The highest BCUT2D eigenvalue weighted by atomic mass is 32.1. The zero-order valence-electron chi connectivity index (χ0n) is 12.2. The Morgan fingerprint density at radius 1 is 1.32 bits per heavy atom. The largest absolute Gasteiger partial charge is 0.478 e. The van der Waals surface area contributed by atoms with E-state index < -0.39 is 5.97 Å². The number of carboxylic acid groups (broad SMARTS) is 1. The van der Waals surface area contributed by atoms with Crippen LogP contribution in [0.4, 0.5) is 0 Å². The van der Waals surface area contributed by atoms with Gasteiger partial charge in [-0.1, -0.05) is 19.3 Å². The van der Waals surface area contributed by atoms with Gasteiger partial charge in [-0.3, -0.25) is 9.36 Å². The maximum atomic E-state index is 12.6. The average Bonchev–Trinajstić information content (AvgIpc) is 2.52. The third-order valence-electron chi connectivity index (χ3n) is 4.39. The van der Waals surface area contributed by atoms with Crippen molar-refractivity contribution in [3.05, 3.63) is 38.9 Å². The molecule has 116 valence electrons. The number of benzene rings is 1. The molecule has 1 aromatic heterocycles. The van der Waals surface area contributed by atoms with E-state index in [2.05, 4.69) is 4.98 Å². The number of aromatic amines is 1. The Bertz CT molecular complexity index is 831. The second kappa shape index (κ2) is 6.04. The minimum absolute atomic E-state index is 0.138. The van der Waals surface area contributed by atoms with E-state index in [-0.39, 0.29) is 11.1 Å². The van der Waals surface area contributed by atoms with Gasteiger partial charge in [0.1, 0.15) is 0 Å². The highest BCUT2D eigenvalue weighted by molar-refractivity contribution is 7.71. The molecule has 1 heterocycles. The van der Waals surface area contributed by atoms with Crippen molar-refractivity contribution in [1.82, 2.24) is 9.55 Å². The first-order valence-corrected chi connectivity index (χ1v) is 7.97. The summed E-state index contributed by atoms with van der Waals surface area (Å²) < 4.78 is 1.99. The first-order chi connectivity index (χ1) is 10.6.